The summed E-state index contributed by atoms with van der Waals surface area (Å²) in [6.07, 6.45) is 1.23. The zero-order chi connectivity index (χ0) is 14.0. The molecule has 0 radical (unpaired) electrons. The number of anilines is 1. The van der Waals surface area contributed by atoms with Gasteiger partial charge in [-0.15, -0.1) is 0 Å². The van der Waals surface area contributed by atoms with Crippen LogP contribution in [0.1, 0.15) is 15.9 Å². The molecule has 0 aliphatic carbocycles. The minimum Gasteiger partial charge on any atom is -0.305 e. The molecule has 98 valence electrons. The van der Waals surface area contributed by atoms with Gasteiger partial charge < -0.3 is 5.32 Å². The molecule has 7 heteroatoms. The van der Waals surface area contributed by atoms with Gasteiger partial charge in [0.2, 0.25) is 0 Å². The fourth-order valence-electron chi connectivity index (χ4n) is 1.45. The standard InChI is InChI=1S/C12H8BrCl2N3O/c1-6-2-3-7(13)4-8(6)12(19)18-11-9(14)10(15)16-5-17-11/h2-5H,1H3,(H,16,17,18,19). The predicted molar refractivity (Wildman–Crippen MR) is 78.9 cm³/mol. The van der Waals surface area contributed by atoms with Crippen LogP contribution in [0.3, 0.4) is 0 Å². The fraction of sp³-hybridized carbons (Fsp3) is 0.0833. The second-order valence-corrected chi connectivity index (χ2v) is 5.39. The van der Waals surface area contributed by atoms with Crippen LogP contribution in [0.4, 0.5) is 5.82 Å². The van der Waals surface area contributed by atoms with Gasteiger partial charge in [-0.25, -0.2) is 9.97 Å². The third-order valence-electron chi connectivity index (χ3n) is 2.42. The summed E-state index contributed by atoms with van der Waals surface area (Å²) in [6.45, 7) is 1.84. The first kappa shape index (κ1) is 14.2. The van der Waals surface area contributed by atoms with Crippen LogP contribution in [-0.2, 0) is 0 Å². The number of aromatic nitrogens is 2. The zero-order valence-electron chi connectivity index (χ0n) is 9.75. The van der Waals surface area contributed by atoms with Crippen LogP contribution in [0.5, 0.6) is 0 Å². The molecule has 0 fully saturated rings. The third-order valence-corrected chi connectivity index (χ3v) is 3.66. The number of aryl methyl sites for hydroxylation is 1. The van der Waals surface area contributed by atoms with Crippen molar-refractivity contribution >= 4 is 50.9 Å². The number of nitrogens with zero attached hydrogens (tertiary/aromatic N) is 2. The number of benzene rings is 1. The van der Waals surface area contributed by atoms with Gasteiger partial charge in [-0.1, -0.05) is 45.2 Å². The quantitative estimate of drug-likeness (QED) is 0.820. The van der Waals surface area contributed by atoms with E-state index in [4.69, 9.17) is 23.2 Å². The second kappa shape index (κ2) is 5.86. The van der Waals surface area contributed by atoms with Gasteiger partial charge in [-0.2, -0.15) is 0 Å². The Hall–Kier alpha value is -1.17. The van der Waals surface area contributed by atoms with E-state index in [1.165, 1.54) is 6.33 Å². The molecule has 1 aromatic carbocycles. The molecule has 1 aromatic heterocycles. The number of halogens is 3. The van der Waals surface area contributed by atoms with Gasteiger partial charge in [0, 0.05) is 10.0 Å². The number of nitrogens with one attached hydrogen (secondary N) is 1. The Morgan fingerprint density at radius 3 is 2.79 bits per heavy atom. The summed E-state index contributed by atoms with van der Waals surface area (Å²) >= 11 is 15.0. The van der Waals surface area contributed by atoms with Gasteiger partial charge in [0.1, 0.15) is 11.3 Å². The summed E-state index contributed by atoms with van der Waals surface area (Å²) in [5.74, 6) is -0.124. The van der Waals surface area contributed by atoms with Gasteiger partial charge in [0.25, 0.3) is 5.91 Å². The van der Waals surface area contributed by atoms with Crippen LogP contribution in [0.25, 0.3) is 0 Å². The summed E-state index contributed by atoms with van der Waals surface area (Å²) in [7, 11) is 0. The van der Waals surface area contributed by atoms with E-state index in [-0.39, 0.29) is 21.9 Å². The molecule has 2 aromatic rings. The first-order valence-corrected chi connectivity index (χ1v) is 6.77. The van der Waals surface area contributed by atoms with Gasteiger partial charge in [-0.3, -0.25) is 4.79 Å². The Balaban J connectivity index is 2.31. The molecule has 0 spiro atoms. The van der Waals surface area contributed by atoms with Crippen LogP contribution in [0.15, 0.2) is 29.0 Å². The highest BCUT2D eigenvalue weighted by Crippen LogP contribution is 2.26. The molecule has 0 aliphatic heterocycles. The molecule has 0 saturated heterocycles. The molecule has 2 rings (SSSR count). The van der Waals surface area contributed by atoms with E-state index in [0.29, 0.717) is 5.56 Å². The molecule has 1 N–H and O–H groups in total. The van der Waals surface area contributed by atoms with Crippen LogP contribution in [0.2, 0.25) is 10.2 Å². The summed E-state index contributed by atoms with van der Waals surface area (Å²) in [4.78, 5) is 19.8. The monoisotopic (exact) mass is 359 g/mol. The predicted octanol–water partition coefficient (Wildman–Crippen LogP) is 4.11. The van der Waals surface area contributed by atoms with E-state index in [9.17, 15) is 4.79 Å². The molecule has 0 saturated carbocycles. The van der Waals surface area contributed by atoms with Crippen LogP contribution >= 0.6 is 39.1 Å². The average molecular weight is 361 g/mol. The number of carbonyl (C=O) groups is 1. The highest BCUT2D eigenvalue weighted by Gasteiger charge is 2.14. The molecule has 0 atom stereocenters. The first-order chi connectivity index (χ1) is 8.99. The number of carbonyl (C=O) groups excluding carboxylic acids is 1. The van der Waals surface area contributed by atoms with Crippen LogP contribution in [0, 0.1) is 6.92 Å². The maximum Gasteiger partial charge on any atom is 0.257 e. The molecule has 19 heavy (non-hydrogen) atoms. The summed E-state index contributed by atoms with van der Waals surface area (Å²) in [5, 5.41) is 2.82. The minimum atomic E-state index is -0.310. The highest BCUT2D eigenvalue weighted by atomic mass is 79.9. The fourth-order valence-corrected chi connectivity index (χ4v) is 2.09. The highest BCUT2D eigenvalue weighted by molar-refractivity contribution is 9.10. The van der Waals surface area contributed by atoms with E-state index >= 15 is 0 Å². The molecule has 0 bridgehead atoms. The lowest BCUT2D eigenvalue weighted by Gasteiger charge is -2.08. The molecule has 4 nitrogen and oxygen atoms in total. The number of amides is 1. The normalized spacial score (nSPS) is 10.3. The molecule has 0 aliphatic rings. The number of hydrogen-bond acceptors (Lipinski definition) is 3. The molecule has 1 heterocycles. The maximum absolute atomic E-state index is 12.2. The van der Waals surface area contributed by atoms with Crippen molar-refractivity contribution < 1.29 is 4.79 Å². The van der Waals surface area contributed by atoms with Gasteiger partial charge >= 0.3 is 0 Å². The van der Waals surface area contributed by atoms with Crippen molar-refractivity contribution in [2.75, 3.05) is 5.32 Å². The van der Waals surface area contributed by atoms with Crippen LogP contribution < -0.4 is 5.32 Å². The van der Waals surface area contributed by atoms with Crippen molar-refractivity contribution in [3.8, 4) is 0 Å². The van der Waals surface area contributed by atoms with Crippen LogP contribution in [-0.4, -0.2) is 15.9 Å². The number of rotatable bonds is 2. The first-order valence-electron chi connectivity index (χ1n) is 5.22. The van der Waals surface area contributed by atoms with Gasteiger partial charge in [0.15, 0.2) is 11.0 Å². The second-order valence-electron chi connectivity index (χ2n) is 3.74. The summed E-state index contributed by atoms with van der Waals surface area (Å²) in [5.41, 5.74) is 1.37. The molecular weight excluding hydrogens is 353 g/mol. The Morgan fingerprint density at radius 2 is 2.05 bits per heavy atom. The lowest BCUT2D eigenvalue weighted by molar-refractivity contribution is 0.102. The van der Waals surface area contributed by atoms with Crippen molar-refractivity contribution in [3.63, 3.8) is 0 Å². The van der Waals surface area contributed by atoms with E-state index in [0.717, 1.165) is 10.0 Å². The average Bonchev–Trinajstić information content (AvgIpc) is 2.38. The van der Waals surface area contributed by atoms with Crippen molar-refractivity contribution in [2.45, 2.75) is 6.92 Å². The van der Waals surface area contributed by atoms with E-state index < -0.39 is 0 Å². The lowest BCUT2D eigenvalue weighted by atomic mass is 10.1. The summed E-state index contributed by atoms with van der Waals surface area (Å²) in [6, 6.07) is 5.43. The third kappa shape index (κ3) is 3.23. The lowest BCUT2D eigenvalue weighted by Crippen LogP contribution is -2.15. The summed E-state index contributed by atoms with van der Waals surface area (Å²) < 4.78 is 0.815. The van der Waals surface area contributed by atoms with E-state index in [2.05, 4.69) is 31.2 Å². The Bertz CT molecular complexity index is 649. The Morgan fingerprint density at radius 1 is 1.32 bits per heavy atom. The van der Waals surface area contributed by atoms with Crippen molar-refractivity contribution in [3.05, 3.63) is 50.3 Å². The Kier molecular flexibility index (Phi) is 4.39. The minimum absolute atomic E-state index is 0.0953. The molecular formula is C12H8BrCl2N3O. The van der Waals surface area contributed by atoms with Crippen molar-refractivity contribution in [1.82, 2.24) is 9.97 Å². The number of hydrogen-bond donors (Lipinski definition) is 1. The largest absolute Gasteiger partial charge is 0.305 e. The Labute approximate surface area is 128 Å². The maximum atomic E-state index is 12.2. The topological polar surface area (TPSA) is 54.9 Å². The molecule has 0 unspecified atom stereocenters. The van der Waals surface area contributed by atoms with Gasteiger partial charge in [0.05, 0.1) is 0 Å². The molecule has 1 amide bonds. The zero-order valence-corrected chi connectivity index (χ0v) is 12.8. The van der Waals surface area contributed by atoms with E-state index in [1.54, 1.807) is 6.07 Å². The SMILES string of the molecule is Cc1ccc(Br)cc1C(=O)Nc1ncnc(Cl)c1Cl. The van der Waals surface area contributed by atoms with Crippen molar-refractivity contribution in [1.29, 1.82) is 0 Å². The van der Waals surface area contributed by atoms with Gasteiger partial charge in [-0.05, 0) is 24.6 Å². The smallest absolute Gasteiger partial charge is 0.257 e. The van der Waals surface area contributed by atoms with Crippen molar-refractivity contribution in [2.24, 2.45) is 0 Å². The van der Waals surface area contributed by atoms with E-state index in [1.807, 2.05) is 19.1 Å².